The molecule has 0 saturated heterocycles. The second kappa shape index (κ2) is 8.13. The van der Waals surface area contributed by atoms with Crippen LogP contribution in [0.5, 0.6) is 5.75 Å². The van der Waals surface area contributed by atoms with Crippen LogP contribution in [0.25, 0.3) is 0 Å². The zero-order valence-electron chi connectivity index (χ0n) is 11.4. The van der Waals surface area contributed by atoms with E-state index < -0.39 is 0 Å². The predicted molar refractivity (Wildman–Crippen MR) is 70.4 cm³/mol. The number of fused-ring (bicyclic) bond motifs is 1. The quantitative estimate of drug-likeness (QED) is 0.796. The lowest BCUT2D eigenvalue weighted by molar-refractivity contribution is -0.144. The third-order valence-corrected chi connectivity index (χ3v) is 2.44. The molecule has 0 aromatic heterocycles. The Morgan fingerprint density at radius 2 is 2.10 bits per heavy atom. The number of hydrogen-bond donors (Lipinski definition) is 1. The number of esters is 1. The van der Waals surface area contributed by atoms with Gasteiger partial charge in [-0.05, 0) is 12.1 Å². The normalized spacial score (nSPS) is 12.8. The van der Waals surface area contributed by atoms with Crippen molar-refractivity contribution in [3.63, 3.8) is 0 Å². The molecule has 0 bridgehead atoms. The van der Waals surface area contributed by atoms with Gasteiger partial charge in [-0.15, -0.1) is 0 Å². The van der Waals surface area contributed by atoms with Gasteiger partial charge in [-0.25, -0.2) is 4.79 Å². The molecule has 1 aliphatic rings. The molecular formula is C13H17NO6. The Morgan fingerprint density at radius 1 is 1.40 bits per heavy atom. The van der Waals surface area contributed by atoms with Gasteiger partial charge in [0.25, 0.3) is 5.91 Å². The number of hydrogen-bond acceptors (Lipinski definition) is 6. The van der Waals surface area contributed by atoms with Crippen LogP contribution in [0, 0.1) is 0 Å². The average Bonchev–Trinajstić information content (AvgIpc) is 2.48. The summed E-state index contributed by atoms with van der Waals surface area (Å²) in [5.74, 6) is 0.0693. The molecule has 1 aliphatic heterocycles. The molecule has 0 radical (unpaired) electrons. The van der Waals surface area contributed by atoms with Crippen LogP contribution in [-0.2, 0) is 19.1 Å². The number of methoxy groups -OCH3 is 2. The third-order valence-electron chi connectivity index (χ3n) is 2.44. The summed E-state index contributed by atoms with van der Waals surface area (Å²) in [4.78, 5) is 22.6. The van der Waals surface area contributed by atoms with Gasteiger partial charge in [0.15, 0.2) is 6.61 Å². The van der Waals surface area contributed by atoms with Crippen LogP contribution in [0.1, 0.15) is 0 Å². The number of aliphatic hydroxyl groups is 1. The molecule has 0 fully saturated rings. The number of benzene rings is 1. The van der Waals surface area contributed by atoms with Crippen molar-refractivity contribution in [2.45, 2.75) is 0 Å². The maximum atomic E-state index is 11.2. The van der Waals surface area contributed by atoms with Crippen molar-refractivity contribution in [1.82, 2.24) is 0 Å². The Kier molecular flexibility index (Phi) is 6.48. The van der Waals surface area contributed by atoms with Crippen molar-refractivity contribution in [2.24, 2.45) is 0 Å². The fourth-order valence-electron chi connectivity index (χ4n) is 1.49. The van der Waals surface area contributed by atoms with Crippen LogP contribution in [0.3, 0.4) is 0 Å². The van der Waals surface area contributed by atoms with Crippen LogP contribution in [0.2, 0.25) is 0 Å². The van der Waals surface area contributed by atoms with Crippen molar-refractivity contribution < 1.29 is 28.9 Å². The molecule has 20 heavy (non-hydrogen) atoms. The molecule has 1 heterocycles. The van der Waals surface area contributed by atoms with E-state index in [1.54, 1.807) is 18.2 Å². The molecule has 0 saturated carbocycles. The zero-order valence-corrected chi connectivity index (χ0v) is 11.4. The molecule has 0 aliphatic carbocycles. The maximum Gasteiger partial charge on any atom is 0.331 e. The van der Waals surface area contributed by atoms with Crippen molar-refractivity contribution in [2.75, 3.05) is 39.1 Å². The fraction of sp³-hybridized carbons (Fsp3) is 0.385. The summed E-state index contributed by atoms with van der Waals surface area (Å²) in [5, 5.41) is 8.96. The van der Waals surface area contributed by atoms with Crippen LogP contribution >= 0.6 is 0 Å². The Balaban J connectivity index is 0.000000246. The number of anilines is 1. The molecule has 1 aromatic rings. The van der Waals surface area contributed by atoms with E-state index in [-0.39, 0.29) is 31.8 Å². The lowest BCUT2D eigenvalue weighted by Crippen LogP contribution is -2.39. The Labute approximate surface area is 116 Å². The van der Waals surface area contributed by atoms with E-state index in [1.807, 2.05) is 6.07 Å². The van der Waals surface area contributed by atoms with Gasteiger partial charge in [0.1, 0.15) is 19.1 Å². The van der Waals surface area contributed by atoms with Crippen molar-refractivity contribution in [3.05, 3.63) is 24.3 Å². The molecule has 1 amide bonds. The van der Waals surface area contributed by atoms with Gasteiger partial charge in [-0.3, -0.25) is 9.69 Å². The van der Waals surface area contributed by atoms with Gasteiger partial charge in [-0.2, -0.15) is 0 Å². The first kappa shape index (κ1) is 15.9. The largest absolute Gasteiger partial charge is 0.482 e. The molecule has 2 rings (SSSR count). The van der Waals surface area contributed by atoms with E-state index in [9.17, 15) is 9.59 Å². The predicted octanol–water partition coefficient (Wildman–Crippen LogP) is 0.168. The highest BCUT2D eigenvalue weighted by Crippen LogP contribution is 2.30. The summed E-state index contributed by atoms with van der Waals surface area (Å²) in [6.45, 7) is -0.271. The third kappa shape index (κ3) is 4.22. The van der Waals surface area contributed by atoms with Gasteiger partial charge >= 0.3 is 5.97 Å². The van der Waals surface area contributed by atoms with Crippen molar-refractivity contribution in [3.8, 4) is 5.75 Å². The summed E-state index contributed by atoms with van der Waals surface area (Å²) < 4.78 is 13.8. The van der Waals surface area contributed by atoms with Crippen LogP contribution in [0.15, 0.2) is 24.3 Å². The molecule has 110 valence electrons. The summed E-state index contributed by atoms with van der Waals surface area (Å²) in [7, 11) is 2.76. The number of ether oxygens (including phenoxy) is 3. The Bertz CT molecular complexity index is 462. The van der Waals surface area contributed by atoms with Crippen molar-refractivity contribution in [1.29, 1.82) is 0 Å². The topological polar surface area (TPSA) is 85.3 Å². The Hall–Kier alpha value is -2.12. The summed E-state index contributed by atoms with van der Waals surface area (Å²) in [6.07, 6.45) is 0. The summed E-state index contributed by atoms with van der Waals surface area (Å²) >= 11 is 0. The zero-order chi connectivity index (χ0) is 15.0. The van der Waals surface area contributed by atoms with Gasteiger partial charge in [-0.1, -0.05) is 12.1 Å². The number of nitrogens with zero attached hydrogens (tertiary/aromatic N) is 1. The summed E-state index contributed by atoms with van der Waals surface area (Å²) in [6, 6.07) is 7.13. The molecule has 0 atom stereocenters. The second-order valence-electron chi connectivity index (χ2n) is 3.73. The first-order chi connectivity index (χ1) is 9.63. The van der Waals surface area contributed by atoms with Gasteiger partial charge in [0.2, 0.25) is 0 Å². The van der Waals surface area contributed by atoms with E-state index in [2.05, 4.69) is 9.47 Å². The standard InChI is InChI=1S/C9H9NO3.C4H8O3/c11-6-10-7-3-1-2-4-8(7)13-5-9(10)12;1-6-3-4(5)7-2/h1-4,11H,5-6H2;3H2,1-2H3. The van der Waals surface area contributed by atoms with E-state index >= 15 is 0 Å². The first-order valence-electron chi connectivity index (χ1n) is 5.82. The molecule has 7 nitrogen and oxygen atoms in total. The number of rotatable bonds is 3. The van der Waals surface area contributed by atoms with Crippen LogP contribution in [-0.4, -0.2) is 51.1 Å². The average molecular weight is 283 g/mol. The number of para-hydroxylation sites is 2. The second-order valence-corrected chi connectivity index (χ2v) is 3.73. The van der Waals surface area contributed by atoms with Crippen LogP contribution < -0.4 is 9.64 Å². The fourth-order valence-corrected chi connectivity index (χ4v) is 1.49. The molecule has 0 spiro atoms. The summed E-state index contributed by atoms with van der Waals surface area (Å²) in [5.41, 5.74) is 0.626. The minimum Gasteiger partial charge on any atom is -0.482 e. The highest BCUT2D eigenvalue weighted by atomic mass is 16.6. The van der Waals surface area contributed by atoms with E-state index in [1.165, 1.54) is 19.1 Å². The number of carbonyl (C=O) groups excluding carboxylic acids is 2. The molecule has 0 unspecified atom stereocenters. The highest BCUT2D eigenvalue weighted by molar-refractivity contribution is 5.97. The minimum atomic E-state index is -0.345. The smallest absolute Gasteiger partial charge is 0.331 e. The minimum absolute atomic E-state index is 0.00241. The van der Waals surface area contributed by atoms with Gasteiger partial charge in [0, 0.05) is 7.11 Å². The molecule has 7 heteroatoms. The molecular weight excluding hydrogens is 266 g/mol. The lowest BCUT2D eigenvalue weighted by atomic mass is 10.2. The monoisotopic (exact) mass is 283 g/mol. The Morgan fingerprint density at radius 3 is 2.65 bits per heavy atom. The molecule has 1 N–H and O–H groups in total. The van der Waals surface area contributed by atoms with Gasteiger partial charge < -0.3 is 19.3 Å². The van der Waals surface area contributed by atoms with Gasteiger partial charge in [0.05, 0.1) is 12.8 Å². The van der Waals surface area contributed by atoms with Crippen LogP contribution in [0.4, 0.5) is 5.69 Å². The van der Waals surface area contributed by atoms with E-state index in [0.29, 0.717) is 11.4 Å². The number of aliphatic hydroxyl groups excluding tert-OH is 1. The number of carbonyl (C=O) groups is 2. The first-order valence-corrected chi connectivity index (χ1v) is 5.82. The van der Waals surface area contributed by atoms with Crippen molar-refractivity contribution >= 4 is 17.6 Å². The molecule has 1 aromatic carbocycles. The maximum absolute atomic E-state index is 11.2. The SMILES string of the molecule is COCC(=O)OC.O=C1COc2ccccc2N1CO. The van der Waals surface area contributed by atoms with E-state index in [4.69, 9.17) is 9.84 Å². The number of amides is 1. The lowest BCUT2D eigenvalue weighted by Gasteiger charge is -2.27. The highest BCUT2D eigenvalue weighted by Gasteiger charge is 2.23. The van der Waals surface area contributed by atoms with E-state index in [0.717, 1.165) is 0 Å².